The summed E-state index contributed by atoms with van der Waals surface area (Å²) in [4.78, 5) is 0. The van der Waals surface area contributed by atoms with Gasteiger partial charge in [0.1, 0.15) is 11.5 Å². The molecule has 2 aromatic carbocycles. The van der Waals surface area contributed by atoms with E-state index in [-0.39, 0.29) is 5.41 Å². The van der Waals surface area contributed by atoms with Crippen molar-refractivity contribution < 1.29 is 9.47 Å². The highest BCUT2D eigenvalue weighted by Gasteiger charge is 2.23. The van der Waals surface area contributed by atoms with E-state index in [1.807, 2.05) is 38.1 Å². The van der Waals surface area contributed by atoms with Gasteiger partial charge in [-0.3, -0.25) is 0 Å². The number of hydrogen-bond donors (Lipinski definition) is 0. The molecule has 2 aromatic rings. The smallest absolute Gasteiger partial charge is 0.119 e. The van der Waals surface area contributed by atoms with E-state index in [0.717, 1.165) is 11.5 Å². The van der Waals surface area contributed by atoms with Gasteiger partial charge in [0.25, 0.3) is 0 Å². The molecule has 112 valence electrons. The molecule has 2 nitrogen and oxygen atoms in total. The van der Waals surface area contributed by atoms with E-state index in [1.54, 1.807) is 0 Å². The van der Waals surface area contributed by atoms with Crippen molar-refractivity contribution in [1.82, 2.24) is 0 Å². The summed E-state index contributed by atoms with van der Waals surface area (Å²) in [5.74, 6) is 1.84. The predicted molar refractivity (Wildman–Crippen MR) is 87.4 cm³/mol. The Morgan fingerprint density at radius 3 is 1.29 bits per heavy atom. The van der Waals surface area contributed by atoms with Gasteiger partial charge in [-0.1, -0.05) is 38.1 Å². The van der Waals surface area contributed by atoms with Crippen LogP contribution in [0.15, 0.2) is 48.5 Å². The van der Waals surface area contributed by atoms with Crippen LogP contribution in [-0.4, -0.2) is 13.2 Å². The highest BCUT2D eigenvalue weighted by molar-refractivity contribution is 5.41. The summed E-state index contributed by atoms with van der Waals surface area (Å²) in [5, 5.41) is 0. The molecule has 0 saturated carbocycles. The molecule has 0 N–H and O–H groups in total. The van der Waals surface area contributed by atoms with Crippen LogP contribution in [0.1, 0.15) is 38.8 Å². The molecule has 2 heteroatoms. The highest BCUT2D eigenvalue weighted by Crippen LogP contribution is 2.33. The van der Waals surface area contributed by atoms with Gasteiger partial charge in [0.05, 0.1) is 13.2 Å². The van der Waals surface area contributed by atoms with Crippen molar-refractivity contribution in [1.29, 1.82) is 0 Å². The molecule has 0 aliphatic rings. The van der Waals surface area contributed by atoms with Gasteiger partial charge in [0, 0.05) is 5.41 Å². The third-order valence-electron chi connectivity index (χ3n) is 3.77. The summed E-state index contributed by atoms with van der Waals surface area (Å²) in [6.07, 6.45) is 0. The quantitative estimate of drug-likeness (QED) is 0.758. The topological polar surface area (TPSA) is 18.5 Å². The second-order valence-corrected chi connectivity index (χ2v) is 5.54. The minimum atomic E-state index is -0.0461. The Hall–Kier alpha value is -1.96. The highest BCUT2D eigenvalue weighted by atomic mass is 16.5. The van der Waals surface area contributed by atoms with Gasteiger partial charge >= 0.3 is 0 Å². The average molecular weight is 284 g/mol. The van der Waals surface area contributed by atoms with Crippen LogP contribution in [0, 0.1) is 0 Å². The van der Waals surface area contributed by atoms with E-state index in [9.17, 15) is 0 Å². The molecule has 2 rings (SSSR count). The zero-order valence-corrected chi connectivity index (χ0v) is 13.3. The molecular formula is C19H24O2. The first kappa shape index (κ1) is 15.4. The number of rotatable bonds is 6. The Bertz CT molecular complexity index is 502. The average Bonchev–Trinajstić information content (AvgIpc) is 2.49. The van der Waals surface area contributed by atoms with E-state index >= 15 is 0 Å². The SMILES string of the molecule is CCOc1ccc(C(C)(C)c2ccc(OCC)cc2)cc1. The third-order valence-corrected chi connectivity index (χ3v) is 3.77. The second kappa shape index (κ2) is 6.66. The summed E-state index contributed by atoms with van der Waals surface area (Å²) < 4.78 is 11.0. The van der Waals surface area contributed by atoms with Crippen molar-refractivity contribution in [3.63, 3.8) is 0 Å². The molecule has 0 aromatic heterocycles. The van der Waals surface area contributed by atoms with Crippen LogP contribution in [0.25, 0.3) is 0 Å². The van der Waals surface area contributed by atoms with Crippen LogP contribution in [0.3, 0.4) is 0 Å². The molecule has 0 bridgehead atoms. The fourth-order valence-corrected chi connectivity index (χ4v) is 2.44. The van der Waals surface area contributed by atoms with Gasteiger partial charge in [0.2, 0.25) is 0 Å². The van der Waals surface area contributed by atoms with E-state index < -0.39 is 0 Å². The molecule has 0 radical (unpaired) electrons. The number of benzene rings is 2. The minimum Gasteiger partial charge on any atom is -0.494 e. The molecule has 0 aliphatic carbocycles. The van der Waals surface area contributed by atoms with Gasteiger partial charge in [0.15, 0.2) is 0 Å². The lowest BCUT2D eigenvalue weighted by atomic mass is 9.78. The van der Waals surface area contributed by atoms with Gasteiger partial charge in [-0.2, -0.15) is 0 Å². The van der Waals surface area contributed by atoms with Crippen LogP contribution in [0.2, 0.25) is 0 Å². The lowest BCUT2D eigenvalue weighted by Gasteiger charge is -2.26. The Morgan fingerprint density at radius 1 is 0.667 bits per heavy atom. The predicted octanol–water partition coefficient (Wildman–Crippen LogP) is 4.81. The van der Waals surface area contributed by atoms with Crippen molar-refractivity contribution in [2.75, 3.05) is 13.2 Å². The number of hydrogen-bond acceptors (Lipinski definition) is 2. The molecule has 21 heavy (non-hydrogen) atoms. The van der Waals surface area contributed by atoms with Crippen molar-refractivity contribution in [2.45, 2.75) is 33.1 Å². The molecule has 0 aliphatic heterocycles. The first-order valence-electron chi connectivity index (χ1n) is 7.54. The first-order chi connectivity index (χ1) is 10.1. The fourth-order valence-electron chi connectivity index (χ4n) is 2.44. The lowest BCUT2D eigenvalue weighted by Crippen LogP contribution is -2.18. The molecule has 0 heterocycles. The van der Waals surface area contributed by atoms with Crippen LogP contribution in [0.4, 0.5) is 0 Å². The fraction of sp³-hybridized carbons (Fsp3) is 0.368. The minimum absolute atomic E-state index is 0.0461. The van der Waals surface area contributed by atoms with Crippen LogP contribution < -0.4 is 9.47 Å². The van der Waals surface area contributed by atoms with Crippen LogP contribution >= 0.6 is 0 Å². The Balaban J connectivity index is 2.23. The Morgan fingerprint density at radius 2 is 1.00 bits per heavy atom. The van der Waals surface area contributed by atoms with Gasteiger partial charge in [-0.15, -0.1) is 0 Å². The molecule has 0 unspecified atom stereocenters. The second-order valence-electron chi connectivity index (χ2n) is 5.54. The summed E-state index contributed by atoms with van der Waals surface area (Å²) in [6.45, 7) is 9.86. The van der Waals surface area contributed by atoms with Crippen LogP contribution in [0.5, 0.6) is 11.5 Å². The molecule has 0 amide bonds. The largest absolute Gasteiger partial charge is 0.494 e. The normalized spacial score (nSPS) is 11.2. The van der Waals surface area contributed by atoms with E-state index in [4.69, 9.17) is 9.47 Å². The van der Waals surface area contributed by atoms with Crippen molar-refractivity contribution >= 4 is 0 Å². The lowest BCUT2D eigenvalue weighted by molar-refractivity contribution is 0.340. The Kier molecular flexibility index (Phi) is 4.89. The molecule has 0 saturated heterocycles. The third kappa shape index (κ3) is 3.57. The number of ether oxygens (including phenoxy) is 2. The zero-order valence-electron chi connectivity index (χ0n) is 13.3. The maximum atomic E-state index is 5.51. The van der Waals surface area contributed by atoms with Crippen molar-refractivity contribution in [3.05, 3.63) is 59.7 Å². The molecular weight excluding hydrogens is 260 g/mol. The first-order valence-corrected chi connectivity index (χ1v) is 7.54. The summed E-state index contributed by atoms with van der Waals surface area (Å²) in [5.41, 5.74) is 2.50. The standard InChI is InChI=1S/C19H24O2/c1-5-20-17-11-7-15(8-12-17)19(3,4)16-9-13-18(14-10-16)21-6-2/h7-14H,5-6H2,1-4H3. The van der Waals surface area contributed by atoms with Crippen molar-refractivity contribution in [3.8, 4) is 11.5 Å². The summed E-state index contributed by atoms with van der Waals surface area (Å²) in [7, 11) is 0. The molecule has 0 spiro atoms. The Labute approximate surface area is 127 Å². The molecule has 0 fully saturated rings. The van der Waals surface area contributed by atoms with E-state index in [2.05, 4.69) is 38.1 Å². The van der Waals surface area contributed by atoms with E-state index in [0.29, 0.717) is 13.2 Å². The van der Waals surface area contributed by atoms with Gasteiger partial charge in [-0.25, -0.2) is 0 Å². The zero-order chi connectivity index (χ0) is 15.3. The van der Waals surface area contributed by atoms with Gasteiger partial charge in [-0.05, 0) is 49.2 Å². The summed E-state index contributed by atoms with van der Waals surface area (Å²) >= 11 is 0. The van der Waals surface area contributed by atoms with E-state index in [1.165, 1.54) is 11.1 Å². The maximum absolute atomic E-state index is 5.51. The monoisotopic (exact) mass is 284 g/mol. The maximum Gasteiger partial charge on any atom is 0.119 e. The molecule has 0 atom stereocenters. The van der Waals surface area contributed by atoms with Crippen LogP contribution in [-0.2, 0) is 5.41 Å². The van der Waals surface area contributed by atoms with Gasteiger partial charge < -0.3 is 9.47 Å². The summed E-state index contributed by atoms with van der Waals surface area (Å²) in [6, 6.07) is 16.7. The van der Waals surface area contributed by atoms with Crippen molar-refractivity contribution in [2.24, 2.45) is 0 Å².